The second-order valence-corrected chi connectivity index (χ2v) is 15.6. The van der Waals surface area contributed by atoms with Gasteiger partial charge >= 0.3 is 11.9 Å². The molecule has 4 rings (SSSR count). The standard InChI is InChI=1S/C31H40ClNO6S2/c1-20-9-5-8-12-25(20)41(37,38)33-24(19-21-10-6-7-11-21)29(40-18-17-26(34)39-31(2,3)4)27(30(35)36)28(33)22-13-15-23(32)16-14-22/h5,8-9,12-16,21,24,27-29H,6-7,10-11,17-19H2,1-4H3,(H,35,36)/t24-,27+,28+,29-/m1/s1. The summed E-state index contributed by atoms with van der Waals surface area (Å²) >= 11 is 7.55. The summed E-state index contributed by atoms with van der Waals surface area (Å²) in [5, 5.41) is 10.6. The van der Waals surface area contributed by atoms with Crippen LogP contribution in [0.15, 0.2) is 53.4 Å². The van der Waals surface area contributed by atoms with E-state index in [1.165, 1.54) is 16.1 Å². The minimum atomic E-state index is -4.10. The molecule has 1 aliphatic carbocycles. The number of nitrogens with zero attached hydrogens (tertiary/aromatic N) is 1. The number of carbonyl (C=O) groups excluding carboxylic acids is 1. The molecule has 2 aliphatic rings. The molecule has 41 heavy (non-hydrogen) atoms. The molecule has 2 fully saturated rings. The summed E-state index contributed by atoms with van der Waals surface area (Å²) in [7, 11) is -4.10. The molecule has 1 saturated heterocycles. The summed E-state index contributed by atoms with van der Waals surface area (Å²) < 4.78 is 36.1. The minimum Gasteiger partial charge on any atom is -0.481 e. The Morgan fingerprint density at radius 3 is 2.29 bits per heavy atom. The smallest absolute Gasteiger partial charge is 0.309 e. The zero-order chi connectivity index (χ0) is 29.9. The number of sulfonamides is 1. The van der Waals surface area contributed by atoms with Crippen LogP contribution < -0.4 is 0 Å². The van der Waals surface area contributed by atoms with E-state index in [9.17, 15) is 23.1 Å². The van der Waals surface area contributed by atoms with E-state index in [2.05, 4.69) is 0 Å². The molecule has 4 atom stereocenters. The summed E-state index contributed by atoms with van der Waals surface area (Å²) in [5.41, 5.74) is 0.572. The first-order valence-electron chi connectivity index (χ1n) is 14.2. The Morgan fingerprint density at radius 1 is 1.07 bits per heavy atom. The van der Waals surface area contributed by atoms with Gasteiger partial charge in [0.05, 0.1) is 23.3 Å². The van der Waals surface area contributed by atoms with Crippen LogP contribution in [0.3, 0.4) is 0 Å². The maximum Gasteiger partial charge on any atom is 0.309 e. The minimum absolute atomic E-state index is 0.108. The molecule has 0 bridgehead atoms. The first-order valence-corrected chi connectivity index (χ1v) is 17.1. The summed E-state index contributed by atoms with van der Waals surface area (Å²) in [6.07, 6.45) is 4.84. The number of carboxylic acids is 1. The van der Waals surface area contributed by atoms with Gasteiger partial charge in [0.2, 0.25) is 10.0 Å². The van der Waals surface area contributed by atoms with Crippen molar-refractivity contribution in [3.8, 4) is 0 Å². The molecule has 224 valence electrons. The van der Waals surface area contributed by atoms with Crippen LogP contribution in [0.2, 0.25) is 5.02 Å². The van der Waals surface area contributed by atoms with Gasteiger partial charge in [0.1, 0.15) is 5.60 Å². The summed E-state index contributed by atoms with van der Waals surface area (Å²) in [6, 6.07) is 12.1. The lowest BCUT2D eigenvalue weighted by Gasteiger charge is -2.33. The van der Waals surface area contributed by atoms with Gasteiger partial charge in [-0.15, -0.1) is 0 Å². The van der Waals surface area contributed by atoms with Gasteiger partial charge in [-0.1, -0.05) is 67.6 Å². The van der Waals surface area contributed by atoms with Crippen molar-refractivity contribution in [2.24, 2.45) is 11.8 Å². The van der Waals surface area contributed by atoms with Crippen molar-refractivity contribution in [1.82, 2.24) is 4.31 Å². The number of aliphatic carboxylic acids is 1. The predicted molar refractivity (Wildman–Crippen MR) is 163 cm³/mol. The number of ether oxygens (including phenoxy) is 1. The average molecular weight is 622 g/mol. The van der Waals surface area contributed by atoms with Crippen LogP contribution in [0, 0.1) is 18.8 Å². The molecule has 1 N–H and O–H groups in total. The quantitative estimate of drug-likeness (QED) is 0.289. The highest BCUT2D eigenvalue weighted by Crippen LogP contribution is 2.52. The molecule has 1 aliphatic heterocycles. The summed E-state index contributed by atoms with van der Waals surface area (Å²) in [5.74, 6) is -1.80. The summed E-state index contributed by atoms with van der Waals surface area (Å²) in [4.78, 5) is 25.7. The predicted octanol–water partition coefficient (Wildman–Crippen LogP) is 6.88. The van der Waals surface area contributed by atoms with Gasteiger partial charge in [-0.25, -0.2) is 8.42 Å². The van der Waals surface area contributed by atoms with Gasteiger partial charge in [-0.05, 0) is 69.4 Å². The topological polar surface area (TPSA) is 101 Å². The third-order valence-electron chi connectivity index (χ3n) is 7.91. The number of carboxylic acid groups (broad SMARTS) is 1. The van der Waals surface area contributed by atoms with Crippen LogP contribution in [0.1, 0.15) is 76.5 Å². The number of esters is 1. The van der Waals surface area contributed by atoms with E-state index in [4.69, 9.17) is 16.3 Å². The van der Waals surface area contributed by atoms with Crippen LogP contribution in [-0.4, -0.2) is 52.4 Å². The molecule has 7 nitrogen and oxygen atoms in total. The molecule has 10 heteroatoms. The number of carbonyl (C=O) groups is 2. The van der Waals surface area contributed by atoms with E-state index in [1.807, 2.05) is 0 Å². The third kappa shape index (κ3) is 7.48. The lowest BCUT2D eigenvalue weighted by Crippen LogP contribution is -2.41. The molecule has 2 aromatic carbocycles. The molecule has 1 saturated carbocycles. The number of benzene rings is 2. The molecular weight excluding hydrogens is 582 g/mol. The number of halogens is 1. The summed E-state index contributed by atoms with van der Waals surface area (Å²) in [6.45, 7) is 7.17. The van der Waals surface area contributed by atoms with E-state index < -0.39 is 44.8 Å². The maximum absolute atomic E-state index is 14.6. The van der Waals surface area contributed by atoms with E-state index in [0.717, 1.165) is 25.7 Å². The van der Waals surface area contributed by atoms with Crippen molar-refractivity contribution in [3.05, 3.63) is 64.7 Å². The Morgan fingerprint density at radius 2 is 1.71 bits per heavy atom. The molecule has 0 aromatic heterocycles. The first-order chi connectivity index (χ1) is 19.3. The van der Waals surface area contributed by atoms with Crippen LogP contribution in [0.25, 0.3) is 0 Å². The normalized spacial score (nSPS) is 24.0. The molecule has 1 heterocycles. The van der Waals surface area contributed by atoms with Crippen LogP contribution in [0.5, 0.6) is 0 Å². The van der Waals surface area contributed by atoms with Crippen molar-refractivity contribution in [3.63, 3.8) is 0 Å². The Labute approximate surface area is 253 Å². The van der Waals surface area contributed by atoms with Crippen molar-refractivity contribution in [2.45, 2.75) is 94.1 Å². The van der Waals surface area contributed by atoms with E-state index in [-0.39, 0.29) is 17.3 Å². The average Bonchev–Trinajstić information content (AvgIpc) is 3.50. The lowest BCUT2D eigenvalue weighted by molar-refractivity contribution is -0.154. The van der Waals surface area contributed by atoms with Gasteiger partial charge in [0, 0.05) is 22.1 Å². The SMILES string of the molecule is Cc1ccccc1S(=O)(=O)N1[C@H](CC2CCCC2)[C@@H](SCCC(=O)OC(C)(C)C)[C@@H](C(=O)O)[C@@H]1c1ccc(Cl)cc1. The fraction of sp³-hybridized carbons (Fsp3) is 0.548. The second-order valence-electron chi connectivity index (χ2n) is 12.1. The Balaban J connectivity index is 1.80. The second kappa shape index (κ2) is 13.1. The monoisotopic (exact) mass is 621 g/mol. The highest BCUT2D eigenvalue weighted by Gasteiger charge is 2.57. The number of thioether (sulfide) groups is 1. The van der Waals surface area contributed by atoms with Crippen molar-refractivity contribution >= 4 is 45.3 Å². The van der Waals surface area contributed by atoms with Crippen molar-refractivity contribution in [1.29, 1.82) is 0 Å². The van der Waals surface area contributed by atoms with Crippen LogP contribution in [0.4, 0.5) is 0 Å². The van der Waals surface area contributed by atoms with Crippen LogP contribution in [-0.2, 0) is 24.3 Å². The zero-order valence-electron chi connectivity index (χ0n) is 24.1. The number of rotatable bonds is 10. The highest BCUT2D eigenvalue weighted by molar-refractivity contribution is 8.00. The number of aryl methyl sites for hydroxylation is 1. The molecular formula is C31H40ClNO6S2. The maximum atomic E-state index is 14.6. The molecule has 0 unspecified atom stereocenters. The van der Waals surface area contributed by atoms with Gasteiger partial charge in [0.15, 0.2) is 0 Å². The lowest BCUT2D eigenvalue weighted by atomic mass is 9.91. The van der Waals surface area contributed by atoms with E-state index >= 15 is 0 Å². The molecule has 0 spiro atoms. The largest absolute Gasteiger partial charge is 0.481 e. The van der Waals surface area contributed by atoms with E-state index in [1.54, 1.807) is 76.2 Å². The highest BCUT2D eigenvalue weighted by atomic mass is 35.5. The van der Waals surface area contributed by atoms with Gasteiger partial charge in [-0.3, -0.25) is 9.59 Å². The fourth-order valence-electron chi connectivity index (χ4n) is 6.22. The number of hydrogen-bond donors (Lipinski definition) is 1. The molecule has 0 amide bonds. The van der Waals surface area contributed by atoms with Crippen molar-refractivity contribution < 1.29 is 27.9 Å². The zero-order valence-corrected chi connectivity index (χ0v) is 26.5. The molecule has 2 aromatic rings. The Hall–Kier alpha value is -2.07. The van der Waals surface area contributed by atoms with Crippen molar-refractivity contribution in [2.75, 3.05) is 5.75 Å². The first kappa shape index (κ1) is 31.9. The van der Waals surface area contributed by atoms with Gasteiger partial charge in [-0.2, -0.15) is 16.1 Å². The Kier molecular flexibility index (Phi) is 10.1. The van der Waals surface area contributed by atoms with Crippen LogP contribution >= 0.6 is 23.4 Å². The third-order valence-corrected chi connectivity index (χ3v) is 11.7. The fourth-order valence-corrected chi connectivity index (χ4v) is 9.99. The van der Waals surface area contributed by atoms with Gasteiger partial charge < -0.3 is 9.84 Å². The van der Waals surface area contributed by atoms with E-state index in [0.29, 0.717) is 34.2 Å². The van der Waals surface area contributed by atoms with Gasteiger partial charge in [0.25, 0.3) is 0 Å². The Bertz CT molecular complexity index is 1340. The number of hydrogen-bond acceptors (Lipinski definition) is 6. The molecule has 0 radical (unpaired) electrons.